The number of fused-ring (bicyclic) bond motifs is 6. The van der Waals surface area contributed by atoms with Crippen LogP contribution >= 0.6 is 15.9 Å². The van der Waals surface area contributed by atoms with Crippen molar-refractivity contribution in [2.75, 3.05) is 0 Å². The minimum atomic E-state index is -1.41. The number of nitrogens with zero attached hydrogens (tertiary/aromatic N) is 2. The molecule has 2 N–H and O–H groups in total. The summed E-state index contributed by atoms with van der Waals surface area (Å²) in [5, 5.41) is 18.6. The lowest BCUT2D eigenvalue weighted by atomic mass is 9.75. The predicted molar refractivity (Wildman–Crippen MR) is 352 cm³/mol. The maximum absolute atomic E-state index is 9.30. The summed E-state index contributed by atoms with van der Waals surface area (Å²) in [6.07, 6.45) is 0. The van der Waals surface area contributed by atoms with Crippen molar-refractivity contribution in [2.24, 2.45) is 0 Å². The van der Waals surface area contributed by atoms with E-state index in [0.717, 1.165) is 60.6 Å². The molecule has 0 amide bonds. The molecule has 0 radical (unpaired) electrons. The summed E-state index contributed by atoms with van der Waals surface area (Å²) >= 11 is 3.57. The summed E-state index contributed by atoms with van der Waals surface area (Å²) in [4.78, 5) is 9.97. The van der Waals surface area contributed by atoms with Gasteiger partial charge < -0.3 is 10.0 Å². The molecule has 12 aromatic rings. The van der Waals surface area contributed by atoms with Crippen LogP contribution in [0.4, 0.5) is 0 Å². The first-order valence-corrected chi connectivity index (χ1v) is 28.7. The Morgan fingerprint density at radius 3 is 1.04 bits per heavy atom. The van der Waals surface area contributed by atoms with Crippen molar-refractivity contribution in [2.45, 2.75) is 46.0 Å². The highest BCUT2D eigenvalue weighted by Gasteiger charge is 2.37. The second-order valence-corrected chi connectivity index (χ2v) is 23.0. The van der Waals surface area contributed by atoms with E-state index in [1.54, 1.807) is 6.07 Å². The van der Waals surface area contributed by atoms with Crippen molar-refractivity contribution in [3.05, 3.63) is 306 Å². The Labute approximate surface area is 497 Å². The molecule has 2 aliphatic carbocycles. The fourth-order valence-corrected chi connectivity index (χ4v) is 12.1. The fraction of sp³-hybridized carbons (Fsp3) is 0.0909. The van der Waals surface area contributed by atoms with E-state index in [1.165, 1.54) is 66.8 Å². The van der Waals surface area contributed by atoms with Gasteiger partial charge in [0.15, 0.2) is 0 Å². The molecule has 83 heavy (non-hydrogen) atoms. The summed E-state index contributed by atoms with van der Waals surface area (Å²) in [7, 11) is -1.41. The Hall–Kier alpha value is -9.04. The van der Waals surface area contributed by atoms with E-state index in [2.05, 4.69) is 238 Å². The van der Waals surface area contributed by atoms with E-state index in [1.807, 2.05) is 78.9 Å². The first kappa shape index (κ1) is 55.9. The number of rotatable bonds is 8. The van der Waals surface area contributed by atoms with Gasteiger partial charge >= 0.3 is 7.12 Å². The molecule has 0 atom stereocenters. The van der Waals surface area contributed by atoms with E-state index in [9.17, 15) is 10.0 Å². The number of benzene rings is 10. The van der Waals surface area contributed by atoms with E-state index in [4.69, 9.17) is 9.97 Å². The van der Waals surface area contributed by atoms with Crippen molar-refractivity contribution >= 4 is 28.5 Å². The van der Waals surface area contributed by atoms with Crippen molar-refractivity contribution in [1.82, 2.24) is 9.97 Å². The lowest BCUT2D eigenvalue weighted by Crippen LogP contribution is -2.31. The second-order valence-electron chi connectivity index (χ2n) is 22.1. The van der Waals surface area contributed by atoms with Crippen LogP contribution in [0.5, 0.6) is 0 Å². The molecule has 2 heterocycles. The number of halogens is 1. The van der Waals surface area contributed by atoms with Crippen LogP contribution < -0.4 is 5.46 Å². The largest absolute Gasteiger partial charge is 0.488 e. The van der Waals surface area contributed by atoms with Gasteiger partial charge in [-0.25, -0.2) is 9.97 Å². The molecule has 10 aromatic carbocycles. The van der Waals surface area contributed by atoms with Gasteiger partial charge in [0.25, 0.3) is 0 Å². The molecule has 14 rings (SSSR count). The monoisotopic (exact) mass is 1140 g/mol. The van der Waals surface area contributed by atoms with Gasteiger partial charge in [0.1, 0.15) is 0 Å². The van der Waals surface area contributed by atoms with Gasteiger partial charge in [-0.05, 0) is 132 Å². The maximum atomic E-state index is 9.30. The SMILES string of the molecule is Brc1cccc(-c2cc(-c3ccccc3)nc(-c3ccccc3)c2)c1.C.CC1(C)c2ccccc2-c2ccc(-c3cccc(-c4cc(-c5ccccc5)nc(-c5ccccc5)c4)c3)cc21.CC1(C)c2ccccc2-c2ccc(B(O)O)cc21. The molecule has 6 heteroatoms. The topological polar surface area (TPSA) is 66.2 Å². The summed E-state index contributed by atoms with van der Waals surface area (Å²) in [6, 6.07) is 97.3. The zero-order valence-electron chi connectivity index (χ0n) is 46.3. The molecule has 0 saturated heterocycles. The standard InChI is InChI=1S/C38H29N.C23H16BrN.C15H15BO2.CH4/c1-38(2)34-19-10-9-18-32(34)33-21-20-30(23-35(33)38)28-16-11-17-29(22-28)31-24-36(26-12-5-3-6-13-26)39-37(25-31)27-14-7-4-8-15-27;24-21-13-7-12-19(14-21)20-15-22(17-8-3-1-4-9-17)25-23(16-20)18-10-5-2-6-11-18;1-15(2)13-6-4-3-5-11(13)12-8-7-10(16(17)18)9-14(12)15;/h3-25H,1-2H3;1-16H;3-9,17-18H,1-2H3;1H4. The highest BCUT2D eigenvalue weighted by Crippen LogP contribution is 2.50. The van der Waals surface area contributed by atoms with Gasteiger partial charge in [0, 0.05) is 37.6 Å². The second kappa shape index (κ2) is 23.8. The first-order chi connectivity index (χ1) is 39.9. The zero-order valence-corrected chi connectivity index (χ0v) is 47.9. The summed E-state index contributed by atoms with van der Waals surface area (Å²) in [5.74, 6) is 0. The van der Waals surface area contributed by atoms with Crippen LogP contribution in [-0.2, 0) is 10.8 Å². The molecule has 0 bridgehead atoms. The van der Waals surface area contributed by atoms with Gasteiger partial charge in [-0.15, -0.1) is 0 Å². The highest BCUT2D eigenvalue weighted by molar-refractivity contribution is 9.10. The van der Waals surface area contributed by atoms with Gasteiger partial charge in [-0.3, -0.25) is 0 Å². The minimum absolute atomic E-state index is 0. The first-order valence-electron chi connectivity index (χ1n) is 27.9. The number of hydrogen-bond acceptors (Lipinski definition) is 4. The molecule has 404 valence electrons. The number of pyridine rings is 2. The van der Waals surface area contributed by atoms with Crippen molar-refractivity contribution in [3.63, 3.8) is 0 Å². The summed E-state index contributed by atoms with van der Waals surface area (Å²) in [5.41, 5.74) is 26.4. The average molecular weight is 1140 g/mol. The van der Waals surface area contributed by atoms with Crippen LogP contribution in [0.25, 0.3) is 101 Å². The Balaban J connectivity index is 0.000000141. The number of aromatic nitrogens is 2. The molecule has 2 aliphatic rings. The number of hydrogen-bond donors (Lipinski definition) is 2. The van der Waals surface area contributed by atoms with E-state index in [-0.39, 0.29) is 18.3 Å². The summed E-state index contributed by atoms with van der Waals surface area (Å²) in [6.45, 7) is 9.02. The normalized spacial score (nSPS) is 12.6. The Kier molecular flexibility index (Phi) is 16.0. The lowest BCUT2D eigenvalue weighted by Gasteiger charge is -2.22. The average Bonchev–Trinajstić information content (AvgIpc) is 2.97. The fourth-order valence-electron chi connectivity index (χ4n) is 11.7. The zero-order chi connectivity index (χ0) is 56.4. The van der Waals surface area contributed by atoms with Crippen LogP contribution in [0.1, 0.15) is 57.4 Å². The third kappa shape index (κ3) is 11.5. The van der Waals surface area contributed by atoms with Crippen LogP contribution in [-0.4, -0.2) is 27.1 Å². The van der Waals surface area contributed by atoms with E-state index in [0.29, 0.717) is 5.46 Å². The smallest absolute Gasteiger partial charge is 0.423 e. The van der Waals surface area contributed by atoms with E-state index >= 15 is 0 Å². The highest BCUT2D eigenvalue weighted by atomic mass is 79.9. The van der Waals surface area contributed by atoms with Gasteiger partial charge in [0.2, 0.25) is 0 Å². The molecular formula is C77H64BBrN2O2. The van der Waals surface area contributed by atoms with Crippen molar-refractivity contribution < 1.29 is 10.0 Å². The molecule has 0 aliphatic heterocycles. The molecule has 0 spiro atoms. The van der Waals surface area contributed by atoms with Crippen molar-refractivity contribution in [3.8, 4) is 101 Å². The van der Waals surface area contributed by atoms with Gasteiger partial charge in [0.05, 0.1) is 22.8 Å². The van der Waals surface area contributed by atoms with Crippen LogP contribution in [0.15, 0.2) is 284 Å². The molecule has 2 aromatic heterocycles. The lowest BCUT2D eigenvalue weighted by molar-refractivity contribution is 0.425. The Morgan fingerprint density at radius 2 is 0.614 bits per heavy atom. The molecule has 4 nitrogen and oxygen atoms in total. The summed E-state index contributed by atoms with van der Waals surface area (Å²) < 4.78 is 1.07. The Morgan fingerprint density at radius 1 is 0.289 bits per heavy atom. The van der Waals surface area contributed by atoms with Crippen LogP contribution in [0, 0.1) is 0 Å². The molecule has 0 saturated carbocycles. The third-order valence-electron chi connectivity index (χ3n) is 16.1. The minimum Gasteiger partial charge on any atom is -0.423 e. The van der Waals surface area contributed by atoms with Crippen LogP contribution in [0.2, 0.25) is 0 Å². The molecule has 0 unspecified atom stereocenters. The van der Waals surface area contributed by atoms with Gasteiger partial charge in [-0.1, -0.05) is 282 Å². The van der Waals surface area contributed by atoms with Crippen LogP contribution in [0.3, 0.4) is 0 Å². The van der Waals surface area contributed by atoms with E-state index < -0.39 is 7.12 Å². The molecule has 0 fully saturated rings. The quantitative estimate of drug-likeness (QED) is 0.149. The maximum Gasteiger partial charge on any atom is 0.488 e. The third-order valence-corrected chi connectivity index (χ3v) is 16.6. The van der Waals surface area contributed by atoms with Gasteiger partial charge in [-0.2, -0.15) is 0 Å². The van der Waals surface area contributed by atoms with Crippen molar-refractivity contribution in [1.29, 1.82) is 0 Å². The molecular weight excluding hydrogens is 1080 g/mol. The Bertz CT molecular complexity index is 4140. The predicted octanol–water partition coefficient (Wildman–Crippen LogP) is 19.2.